The molecule has 0 aromatic rings. The third-order valence-electron chi connectivity index (χ3n) is 4.72. The van der Waals surface area contributed by atoms with Gasteiger partial charge < -0.3 is 10.1 Å². The lowest BCUT2D eigenvalue weighted by molar-refractivity contribution is 0.0109. The molecule has 0 aromatic heterocycles. The Kier molecular flexibility index (Phi) is 6.50. The maximum absolute atomic E-state index is 5.78. The van der Waals surface area contributed by atoms with E-state index in [0.29, 0.717) is 6.10 Å². The van der Waals surface area contributed by atoms with Gasteiger partial charge in [-0.05, 0) is 63.8 Å². The first-order valence-corrected chi connectivity index (χ1v) is 8.23. The van der Waals surface area contributed by atoms with Gasteiger partial charge in [0.05, 0.1) is 6.10 Å². The van der Waals surface area contributed by atoms with Gasteiger partial charge in [0.15, 0.2) is 0 Å². The van der Waals surface area contributed by atoms with Crippen LogP contribution in [0.4, 0.5) is 0 Å². The van der Waals surface area contributed by atoms with Crippen molar-refractivity contribution in [3.8, 4) is 0 Å². The van der Waals surface area contributed by atoms with Crippen molar-refractivity contribution in [3.63, 3.8) is 0 Å². The largest absolute Gasteiger partial charge is 0.378 e. The van der Waals surface area contributed by atoms with E-state index < -0.39 is 0 Å². The number of hydrogen-bond acceptors (Lipinski definition) is 2. The number of ether oxygens (including phenoxy) is 1. The predicted molar refractivity (Wildman–Crippen MR) is 76.9 cm³/mol. The normalized spacial score (nSPS) is 33.5. The summed E-state index contributed by atoms with van der Waals surface area (Å²) >= 11 is 0. The molecule has 2 nitrogen and oxygen atoms in total. The summed E-state index contributed by atoms with van der Waals surface area (Å²) in [6.07, 6.45) is 14.2. The van der Waals surface area contributed by atoms with Crippen molar-refractivity contribution < 1.29 is 4.74 Å². The highest BCUT2D eigenvalue weighted by Crippen LogP contribution is 2.27. The molecule has 1 saturated heterocycles. The molecule has 1 N–H and O–H groups in total. The summed E-state index contributed by atoms with van der Waals surface area (Å²) < 4.78 is 5.78. The standard InChI is InChI=1S/C16H31NO/c1-2-5-14-7-9-15(10-8-14)17-12-11-16-6-3-4-13-18-16/h14-17H,2-13H2,1H3. The first-order chi connectivity index (χ1) is 8.88. The maximum atomic E-state index is 5.78. The molecule has 18 heavy (non-hydrogen) atoms. The minimum absolute atomic E-state index is 0.544. The smallest absolute Gasteiger partial charge is 0.0587 e. The molecule has 2 aliphatic rings. The van der Waals surface area contributed by atoms with Crippen LogP contribution in [-0.4, -0.2) is 25.3 Å². The van der Waals surface area contributed by atoms with E-state index in [1.807, 2.05) is 0 Å². The molecule has 1 aliphatic carbocycles. The van der Waals surface area contributed by atoms with Crippen LogP contribution in [0.5, 0.6) is 0 Å². The van der Waals surface area contributed by atoms with Gasteiger partial charge in [-0.3, -0.25) is 0 Å². The van der Waals surface area contributed by atoms with E-state index in [2.05, 4.69) is 12.2 Å². The number of hydrogen-bond donors (Lipinski definition) is 1. The van der Waals surface area contributed by atoms with Gasteiger partial charge in [0.2, 0.25) is 0 Å². The monoisotopic (exact) mass is 253 g/mol. The van der Waals surface area contributed by atoms with Crippen molar-refractivity contribution in [1.82, 2.24) is 5.32 Å². The van der Waals surface area contributed by atoms with Crippen LogP contribution in [0.3, 0.4) is 0 Å². The van der Waals surface area contributed by atoms with Gasteiger partial charge in [-0.2, -0.15) is 0 Å². The van der Waals surface area contributed by atoms with Crippen LogP contribution in [0.2, 0.25) is 0 Å². The van der Waals surface area contributed by atoms with Crippen LogP contribution in [0.15, 0.2) is 0 Å². The second kappa shape index (κ2) is 8.16. The van der Waals surface area contributed by atoms with Crippen molar-refractivity contribution in [3.05, 3.63) is 0 Å². The summed E-state index contributed by atoms with van der Waals surface area (Å²) in [5.74, 6) is 1.02. The van der Waals surface area contributed by atoms with Crippen molar-refractivity contribution in [1.29, 1.82) is 0 Å². The summed E-state index contributed by atoms with van der Waals surface area (Å²) in [6.45, 7) is 4.47. The van der Waals surface area contributed by atoms with Gasteiger partial charge >= 0.3 is 0 Å². The minimum Gasteiger partial charge on any atom is -0.378 e. The van der Waals surface area contributed by atoms with Crippen LogP contribution in [0.1, 0.15) is 71.1 Å². The molecule has 2 fully saturated rings. The minimum atomic E-state index is 0.544. The molecule has 1 saturated carbocycles. The highest BCUT2D eigenvalue weighted by molar-refractivity contribution is 4.77. The zero-order valence-corrected chi connectivity index (χ0v) is 12.1. The third kappa shape index (κ3) is 4.89. The Balaban J connectivity index is 1.52. The van der Waals surface area contributed by atoms with Crippen LogP contribution in [0.25, 0.3) is 0 Å². The van der Waals surface area contributed by atoms with E-state index in [0.717, 1.165) is 25.1 Å². The Hall–Kier alpha value is -0.0800. The average molecular weight is 253 g/mol. The average Bonchev–Trinajstić information content (AvgIpc) is 2.42. The molecule has 1 atom stereocenters. The second-order valence-corrected chi connectivity index (χ2v) is 6.24. The number of rotatable bonds is 6. The fourth-order valence-corrected chi connectivity index (χ4v) is 3.55. The molecule has 0 radical (unpaired) electrons. The molecule has 2 rings (SSSR count). The SMILES string of the molecule is CCCC1CCC(NCCC2CCCCO2)CC1. The van der Waals surface area contributed by atoms with E-state index in [-0.39, 0.29) is 0 Å². The van der Waals surface area contributed by atoms with Crippen molar-refractivity contribution in [2.24, 2.45) is 5.92 Å². The second-order valence-electron chi connectivity index (χ2n) is 6.24. The van der Waals surface area contributed by atoms with Gasteiger partial charge in [0.25, 0.3) is 0 Å². The van der Waals surface area contributed by atoms with Gasteiger partial charge in [-0.25, -0.2) is 0 Å². The van der Waals surface area contributed by atoms with Gasteiger partial charge in [0, 0.05) is 12.6 Å². The molecule has 2 heteroatoms. The summed E-state index contributed by atoms with van der Waals surface area (Å²) in [5.41, 5.74) is 0. The Morgan fingerprint density at radius 2 is 1.83 bits per heavy atom. The molecule has 0 spiro atoms. The number of nitrogens with one attached hydrogen (secondary N) is 1. The fourth-order valence-electron chi connectivity index (χ4n) is 3.55. The van der Waals surface area contributed by atoms with Crippen LogP contribution in [-0.2, 0) is 4.74 Å². The first-order valence-electron chi connectivity index (χ1n) is 8.23. The summed E-state index contributed by atoms with van der Waals surface area (Å²) in [6, 6.07) is 0.793. The first kappa shape index (κ1) is 14.3. The zero-order valence-electron chi connectivity index (χ0n) is 12.1. The molecule has 0 aromatic carbocycles. The molecule has 106 valence electrons. The van der Waals surface area contributed by atoms with E-state index >= 15 is 0 Å². The molecule has 0 bridgehead atoms. The Labute approximate surface area is 113 Å². The quantitative estimate of drug-likeness (QED) is 0.775. The summed E-state index contributed by atoms with van der Waals surface area (Å²) in [4.78, 5) is 0. The molecule has 1 heterocycles. The maximum Gasteiger partial charge on any atom is 0.0587 e. The fraction of sp³-hybridized carbons (Fsp3) is 1.00. The van der Waals surface area contributed by atoms with Gasteiger partial charge in [0.1, 0.15) is 0 Å². The Morgan fingerprint density at radius 1 is 1.00 bits per heavy atom. The van der Waals surface area contributed by atoms with E-state index in [1.165, 1.54) is 64.2 Å². The van der Waals surface area contributed by atoms with Crippen molar-refractivity contribution in [2.45, 2.75) is 83.3 Å². The summed E-state index contributed by atoms with van der Waals surface area (Å²) in [5, 5.41) is 3.75. The molecule has 1 aliphatic heterocycles. The highest BCUT2D eigenvalue weighted by atomic mass is 16.5. The Morgan fingerprint density at radius 3 is 2.50 bits per heavy atom. The lowest BCUT2D eigenvalue weighted by atomic mass is 9.83. The summed E-state index contributed by atoms with van der Waals surface area (Å²) in [7, 11) is 0. The Bertz CT molecular complexity index is 205. The molecular formula is C16H31NO. The lowest BCUT2D eigenvalue weighted by Gasteiger charge is -2.30. The van der Waals surface area contributed by atoms with Crippen LogP contribution >= 0.6 is 0 Å². The zero-order chi connectivity index (χ0) is 12.6. The van der Waals surface area contributed by atoms with Crippen LogP contribution < -0.4 is 5.32 Å². The highest BCUT2D eigenvalue weighted by Gasteiger charge is 2.20. The van der Waals surface area contributed by atoms with Crippen molar-refractivity contribution >= 4 is 0 Å². The van der Waals surface area contributed by atoms with Gasteiger partial charge in [-0.1, -0.05) is 19.8 Å². The van der Waals surface area contributed by atoms with Crippen LogP contribution in [0, 0.1) is 5.92 Å². The molecular weight excluding hydrogens is 222 g/mol. The van der Waals surface area contributed by atoms with Crippen molar-refractivity contribution in [2.75, 3.05) is 13.2 Å². The van der Waals surface area contributed by atoms with Gasteiger partial charge in [-0.15, -0.1) is 0 Å². The topological polar surface area (TPSA) is 21.3 Å². The molecule has 1 unspecified atom stereocenters. The predicted octanol–water partition coefficient (Wildman–Crippen LogP) is 3.89. The van der Waals surface area contributed by atoms with E-state index in [9.17, 15) is 0 Å². The molecule has 0 amide bonds. The van der Waals surface area contributed by atoms with E-state index in [1.54, 1.807) is 0 Å². The lowest BCUT2D eigenvalue weighted by Crippen LogP contribution is -2.35. The van der Waals surface area contributed by atoms with E-state index in [4.69, 9.17) is 4.74 Å². The third-order valence-corrected chi connectivity index (χ3v) is 4.72.